The van der Waals surface area contributed by atoms with Crippen molar-refractivity contribution in [2.24, 2.45) is 5.73 Å². The number of ether oxygens (including phenoxy) is 1. The van der Waals surface area contributed by atoms with Crippen LogP contribution < -0.4 is 15.4 Å². The fourth-order valence-corrected chi connectivity index (χ4v) is 4.59. The van der Waals surface area contributed by atoms with E-state index in [1.54, 1.807) is 30.3 Å². The minimum absolute atomic E-state index is 0.174. The van der Waals surface area contributed by atoms with Crippen molar-refractivity contribution in [2.75, 3.05) is 31.1 Å². The summed E-state index contributed by atoms with van der Waals surface area (Å²) >= 11 is 6.70. The number of nitrogens with zero attached hydrogens (tertiary/aromatic N) is 2. The highest BCUT2D eigenvalue weighted by atomic mass is 32.2. The Kier molecular flexibility index (Phi) is 8.44. The maximum absolute atomic E-state index is 13.0. The van der Waals surface area contributed by atoms with E-state index in [-0.39, 0.29) is 5.91 Å². The minimum atomic E-state index is -0.487. The number of carbonyl (C=O) groups is 2. The van der Waals surface area contributed by atoms with E-state index in [1.165, 1.54) is 16.7 Å². The average molecular weight is 470 g/mol. The van der Waals surface area contributed by atoms with Crippen molar-refractivity contribution in [3.05, 3.63) is 64.6 Å². The Labute approximate surface area is 198 Å². The van der Waals surface area contributed by atoms with Crippen LogP contribution in [-0.4, -0.2) is 47.3 Å². The van der Waals surface area contributed by atoms with Gasteiger partial charge in [0.25, 0.3) is 5.91 Å². The molecule has 2 N–H and O–H groups in total. The highest BCUT2D eigenvalue weighted by Crippen LogP contribution is 2.36. The molecule has 2 aromatic rings. The molecular weight excluding hydrogens is 442 g/mol. The van der Waals surface area contributed by atoms with Crippen LogP contribution in [0.2, 0.25) is 0 Å². The second kappa shape index (κ2) is 11.3. The van der Waals surface area contributed by atoms with Gasteiger partial charge in [0.05, 0.1) is 17.2 Å². The molecule has 1 aliphatic rings. The van der Waals surface area contributed by atoms with Gasteiger partial charge >= 0.3 is 0 Å². The average Bonchev–Trinajstić information content (AvgIpc) is 3.07. The molecular formula is C24H27N3O3S2. The Bertz CT molecular complexity index is 1000. The normalized spacial score (nSPS) is 15.1. The number of amides is 2. The zero-order chi connectivity index (χ0) is 23.1. The van der Waals surface area contributed by atoms with Crippen LogP contribution in [0.15, 0.2) is 53.4 Å². The number of rotatable bonds is 10. The Morgan fingerprint density at radius 1 is 1.12 bits per heavy atom. The van der Waals surface area contributed by atoms with Crippen LogP contribution in [0.1, 0.15) is 36.2 Å². The Morgan fingerprint density at radius 3 is 2.38 bits per heavy atom. The van der Waals surface area contributed by atoms with Crippen LogP contribution >= 0.6 is 24.0 Å². The van der Waals surface area contributed by atoms with Gasteiger partial charge in [0.2, 0.25) is 5.91 Å². The summed E-state index contributed by atoms with van der Waals surface area (Å²) < 4.78 is 6.31. The molecule has 6 nitrogen and oxygen atoms in total. The number of hydrogen-bond acceptors (Lipinski definition) is 6. The maximum atomic E-state index is 13.0. The van der Waals surface area contributed by atoms with Crippen molar-refractivity contribution < 1.29 is 14.3 Å². The van der Waals surface area contributed by atoms with Crippen LogP contribution in [0.25, 0.3) is 6.08 Å². The second-order valence-electron chi connectivity index (χ2n) is 7.23. The molecule has 3 rings (SSSR count). The summed E-state index contributed by atoms with van der Waals surface area (Å²) in [5, 5.41) is 0. The van der Waals surface area contributed by atoms with E-state index < -0.39 is 5.91 Å². The topological polar surface area (TPSA) is 75.9 Å². The van der Waals surface area contributed by atoms with Crippen LogP contribution in [0, 0.1) is 0 Å². The number of carbonyl (C=O) groups excluding carboxylic acids is 2. The van der Waals surface area contributed by atoms with Gasteiger partial charge in [-0.05, 0) is 67.5 Å². The van der Waals surface area contributed by atoms with Crippen LogP contribution in [0.3, 0.4) is 0 Å². The van der Waals surface area contributed by atoms with E-state index in [4.69, 9.17) is 22.7 Å². The van der Waals surface area contributed by atoms with Crippen molar-refractivity contribution >= 4 is 51.9 Å². The van der Waals surface area contributed by atoms with Crippen molar-refractivity contribution in [1.82, 2.24) is 4.90 Å². The molecule has 2 aromatic carbocycles. The summed E-state index contributed by atoms with van der Waals surface area (Å²) in [6, 6.07) is 14.2. The van der Waals surface area contributed by atoms with E-state index >= 15 is 0 Å². The molecule has 1 aliphatic heterocycles. The molecule has 0 bridgehead atoms. The molecule has 1 fully saturated rings. The third-order valence-corrected chi connectivity index (χ3v) is 6.47. The van der Waals surface area contributed by atoms with Crippen LogP contribution in [0.4, 0.5) is 5.69 Å². The monoisotopic (exact) mass is 469 g/mol. The fraction of sp³-hybridized carbons (Fsp3) is 0.292. The van der Waals surface area contributed by atoms with E-state index in [1.807, 2.05) is 24.3 Å². The van der Waals surface area contributed by atoms with E-state index in [2.05, 4.69) is 18.7 Å². The molecule has 0 radical (unpaired) electrons. The van der Waals surface area contributed by atoms with E-state index in [9.17, 15) is 9.59 Å². The SMILES string of the molecule is CCN(CC)CCCOc1ccc(N2C(=O)/C(=C/c3ccc(C(N)=O)cc3)SC2=S)cc1. The van der Waals surface area contributed by atoms with Gasteiger partial charge in [0.15, 0.2) is 4.32 Å². The zero-order valence-corrected chi connectivity index (χ0v) is 19.9. The zero-order valence-electron chi connectivity index (χ0n) is 18.2. The lowest BCUT2D eigenvalue weighted by Gasteiger charge is -2.18. The van der Waals surface area contributed by atoms with Gasteiger partial charge in [0, 0.05) is 12.1 Å². The Morgan fingerprint density at radius 2 is 1.78 bits per heavy atom. The van der Waals surface area contributed by atoms with Gasteiger partial charge in [-0.1, -0.05) is 50.0 Å². The number of anilines is 1. The number of benzene rings is 2. The maximum Gasteiger partial charge on any atom is 0.270 e. The smallest absolute Gasteiger partial charge is 0.270 e. The molecule has 168 valence electrons. The fourth-order valence-electron chi connectivity index (χ4n) is 3.29. The predicted octanol–water partition coefficient (Wildman–Crippen LogP) is 4.30. The van der Waals surface area contributed by atoms with Crippen molar-refractivity contribution in [3.8, 4) is 5.75 Å². The molecule has 32 heavy (non-hydrogen) atoms. The quantitative estimate of drug-likeness (QED) is 0.318. The van der Waals surface area contributed by atoms with Crippen molar-refractivity contribution in [3.63, 3.8) is 0 Å². The van der Waals surface area contributed by atoms with Crippen LogP contribution in [0.5, 0.6) is 5.75 Å². The van der Waals surface area contributed by atoms with Gasteiger partial charge in [-0.15, -0.1) is 0 Å². The molecule has 0 saturated carbocycles. The first-order chi connectivity index (χ1) is 15.4. The van der Waals surface area contributed by atoms with Gasteiger partial charge in [-0.25, -0.2) is 0 Å². The highest BCUT2D eigenvalue weighted by Gasteiger charge is 2.33. The number of thiocarbonyl (C=S) groups is 1. The molecule has 8 heteroatoms. The molecule has 0 aliphatic carbocycles. The standard InChI is InChI=1S/C24H27N3O3S2/c1-3-26(4-2)14-5-15-30-20-12-10-19(11-13-20)27-23(29)21(32-24(27)31)16-17-6-8-18(9-7-17)22(25)28/h6-13,16H,3-5,14-15H2,1-2H3,(H2,25,28)/b21-16-. The van der Waals surface area contributed by atoms with Gasteiger partial charge in [-0.2, -0.15) is 0 Å². The molecule has 1 saturated heterocycles. The highest BCUT2D eigenvalue weighted by molar-refractivity contribution is 8.27. The number of primary amides is 1. The van der Waals surface area contributed by atoms with E-state index in [0.717, 1.165) is 37.4 Å². The molecule has 2 amide bonds. The van der Waals surface area contributed by atoms with Gasteiger partial charge < -0.3 is 15.4 Å². The predicted molar refractivity (Wildman–Crippen MR) is 135 cm³/mol. The Hall–Kier alpha value is -2.68. The first-order valence-corrected chi connectivity index (χ1v) is 11.8. The minimum Gasteiger partial charge on any atom is -0.494 e. The number of hydrogen-bond donors (Lipinski definition) is 1. The molecule has 0 unspecified atom stereocenters. The summed E-state index contributed by atoms with van der Waals surface area (Å²) in [5.74, 6) is 0.106. The number of nitrogens with two attached hydrogens (primary N) is 1. The van der Waals surface area contributed by atoms with Gasteiger partial charge in [-0.3, -0.25) is 14.5 Å². The first-order valence-electron chi connectivity index (χ1n) is 10.6. The summed E-state index contributed by atoms with van der Waals surface area (Å²) in [4.78, 5) is 28.6. The van der Waals surface area contributed by atoms with E-state index in [0.29, 0.717) is 27.1 Å². The first kappa shape index (κ1) is 24.0. The number of thioether (sulfide) groups is 1. The Balaban J connectivity index is 1.62. The third kappa shape index (κ3) is 5.97. The van der Waals surface area contributed by atoms with Gasteiger partial charge in [0.1, 0.15) is 5.75 Å². The molecule has 1 heterocycles. The summed E-state index contributed by atoms with van der Waals surface area (Å²) in [7, 11) is 0. The largest absolute Gasteiger partial charge is 0.494 e. The lowest BCUT2D eigenvalue weighted by Crippen LogP contribution is -2.27. The summed E-state index contributed by atoms with van der Waals surface area (Å²) in [6.07, 6.45) is 2.72. The lowest BCUT2D eigenvalue weighted by molar-refractivity contribution is -0.113. The molecule has 0 aromatic heterocycles. The van der Waals surface area contributed by atoms with Crippen molar-refractivity contribution in [2.45, 2.75) is 20.3 Å². The molecule has 0 atom stereocenters. The van der Waals surface area contributed by atoms with Crippen LogP contribution in [-0.2, 0) is 4.79 Å². The summed E-state index contributed by atoms with van der Waals surface area (Å²) in [5.41, 5.74) is 7.19. The lowest BCUT2D eigenvalue weighted by atomic mass is 10.1. The van der Waals surface area contributed by atoms with Crippen molar-refractivity contribution in [1.29, 1.82) is 0 Å². The third-order valence-electron chi connectivity index (χ3n) is 5.16. The summed E-state index contributed by atoms with van der Waals surface area (Å²) in [6.45, 7) is 8.06. The second-order valence-corrected chi connectivity index (χ2v) is 8.90. The molecule has 0 spiro atoms.